The monoisotopic (exact) mass is 381 g/mol. The van der Waals surface area contributed by atoms with Gasteiger partial charge in [-0.15, -0.1) is 0 Å². The molecule has 0 spiro atoms. The lowest BCUT2D eigenvalue weighted by molar-refractivity contribution is -0.153. The molecule has 2 aliphatic rings. The zero-order valence-corrected chi connectivity index (χ0v) is 15.3. The number of nitrogens with zero attached hydrogens (tertiary/aromatic N) is 3. The van der Waals surface area contributed by atoms with Crippen LogP contribution in [0.1, 0.15) is 24.1 Å². The fourth-order valence-electron chi connectivity index (χ4n) is 3.69. The number of hydrogen-bond donors (Lipinski definition) is 0. The maximum atomic E-state index is 12.4. The van der Waals surface area contributed by atoms with Crippen LogP contribution in [0.15, 0.2) is 41.3 Å². The second kappa shape index (κ2) is 7.03. The van der Waals surface area contributed by atoms with Gasteiger partial charge in [0.1, 0.15) is 18.8 Å². The number of likely N-dealkylation sites (tertiary alicyclic amines) is 1. The Bertz CT molecular complexity index is 1050. The number of fused-ring (bicyclic) bond motifs is 2. The van der Waals surface area contributed by atoms with E-state index in [-0.39, 0.29) is 35.8 Å². The molecule has 144 valence electrons. The van der Waals surface area contributed by atoms with Gasteiger partial charge in [0.05, 0.1) is 17.5 Å². The van der Waals surface area contributed by atoms with Gasteiger partial charge in [0.2, 0.25) is 11.8 Å². The lowest BCUT2D eigenvalue weighted by Crippen LogP contribution is -2.36. The summed E-state index contributed by atoms with van der Waals surface area (Å²) in [5, 5.41) is 0. The third-order valence-corrected chi connectivity index (χ3v) is 5.13. The highest BCUT2D eigenvalue weighted by atomic mass is 16.5. The van der Waals surface area contributed by atoms with E-state index in [0.717, 1.165) is 10.5 Å². The largest absolute Gasteiger partial charge is 0.458 e. The number of aryl methyl sites for hydroxylation is 1. The van der Waals surface area contributed by atoms with E-state index in [2.05, 4.69) is 4.98 Å². The predicted octanol–water partition coefficient (Wildman–Crippen LogP) is 0.997. The van der Waals surface area contributed by atoms with Gasteiger partial charge in [-0.05, 0) is 31.4 Å². The Labute approximate surface area is 160 Å². The summed E-state index contributed by atoms with van der Waals surface area (Å²) in [4.78, 5) is 54.4. The van der Waals surface area contributed by atoms with Gasteiger partial charge in [0.25, 0.3) is 5.56 Å². The molecule has 1 fully saturated rings. The van der Waals surface area contributed by atoms with Crippen LogP contribution in [0.25, 0.3) is 5.65 Å². The molecule has 1 aliphatic heterocycles. The van der Waals surface area contributed by atoms with Gasteiger partial charge >= 0.3 is 5.97 Å². The Hall–Kier alpha value is -3.29. The highest BCUT2D eigenvalue weighted by Crippen LogP contribution is 2.34. The van der Waals surface area contributed by atoms with Gasteiger partial charge < -0.3 is 4.74 Å². The number of ether oxygens (including phenoxy) is 1. The number of carbonyl (C=O) groups excluding carboxylic acids is 3. The number of pyridine rings is 1. The molecule has 2 amide bonds. The molecule has 1 aliphatic carbocycles. The summed E-state index contributed by atoms with van der Waals surface area (Å²) in [6.45, 7) is 1.24. The van der Waals surface area contributed by atoms with Crippen LogP contribution < -0.4 is 5.56 Å². The highest BCUT2D eigenvalue weighted by Gasteiger charge is 2.47. The average Bonchev–Trinajstić information content (AvgIpc) is 2.92. The molecule has 8 nitrogen and oxygen atoms in total. The van der Waals surface area contributed by atoms with Gasteiger partial charge in [-0.2, -0.15) is 0 Å². The smallest absolute Gasteiger partial charge is 0.326 e. The summed E-state index contributed by atoms with van der Waals surface area (Å²) in [5.41, 5.74) is 1.40. The van der Waals surface area contributed by atoms with Crippen LogP contribution >= 0.6 is 0 Å². The molecule has 2 aromatic rings. The van der Waals surface area contributed by atoms with E-state index in [1.165, 1.54) is 10.5 Å². The molecule has 0 saturated carbocycles. The van der Waals surface area contributed by atoms with Crippen LogP contribution in [0.3, 0.4) is 0 Å². The molecule has 1 saturated heterocycles. The fourth-order valence-corrected chi connectivity index (χ4v) is 3.69. The molecule has 0 radical (unpaired) electrons. The minimum Gasteiger partial charge on any atom is -0.458 e. The highest BCUT2D eigenvalue weighted by molar-refractivity contribution is 6.07. The number of imide groups is 1. The third-order valence-electron chi connectivity index (χ3n) is 5.13. The van der Waals surface area contributed by atoms with E-state index < -0.39 is 12.5 Å². The first-order valence-corrected chi connectivity index (χ1v) is 9.09. The Morgan fingerprint density at radius 1 is 1.14 bits per heavy atom. The summed E-state index contributed by atoms with van der Waals surface area (Å²) in [6.07, 6.45) is 6.49. The molecule has 2 atom stereocenters. The summed E-state index contributed by atoms with van der Waals surface area (Å²) < 4.78 is 6.57. The minimum atomic E-state index is -0.709. The maximum Gasteiger partial charge on any atom is 0.326 e. The van der Waals surface area contributed by atoms with Crippen LogP contribution in [0, 0.1) is 18.8 Å². The number of rotatable bonds is 4. The third kappa shape index (κ3) is 3.21. The Morgan fingerprint density at radius 3 is 2.50 bits per heavy atom. The van der Waals surface area contributed by atoms with Gasteiger partial charge in [-0.3, -0.25) is 28.5 Å². The molecular formula is C20H19N3O5. The standard InChI is InChI=1S/C20H19N3O5/c1-12-6-7-16-21-13(8-17(24)22(16)9-12)11-28-18(25)10-23-19(26)14-4-2-3-5-15(14)20(23)27/h2-3,6-9,14-15H,4-5,10-11H2,1H3/t14-,15-/m1/s1. The normalized spacial score (nSPS) is 21.2. The molecule has 0 aromatic carbocycles. The minimum absolute atomic E-state index is 0.205. The maximum absolute atomic E-state index is 12.4. The second-order valence-corrected chi connectivity index (χ2v) is 7.10. The fraction of sp³-hybridized carbons (Fsp3) is 0.350. The van der Waals surface area contributed by atoms with Gasteiger partial charge in [0, 0.05) is 12.3 Å². The van der Waals surface area contributed by atoms with E-state index in [4.69, 9.17) is 4.74 Å². The quantitative estimate of drug-likeness (QED) is 0.445. The Balaban J connectivity index is 1.42. The summed E-state index contributed by atoms with van der Waals surface area (Å²) in [6, 6.07) is 4.84. The van der Waals surface area contributed by atoms with Gasteiger partial charge in [-0.1, -0.05) is 18.2 Å². The van der Waals surface area contributed by atoms with Crippen LogP contribution in [0.2, 0.25) is 0 Å². The lowest BCUT2D eigenvalue weighted by Gasteiger charge is -2.14. The molecule has 2 aromatic heterocycles. The van der Waals surface area contributed by atoms with Crippen LogP contribution in [0.4, 0.5) is 0 Å². The Morgan fingerprint density at radius 2 is 1.82 bits per heavy atom. The average molecular weight is 381 g/mol. The number of aromatic nitrogens is 2. The summed E-state index contributed by atoms with van der Waals surface area (Å²) in [7, 11) is 0. The van der Waals surface area contributed by atoms with E-state index in [1.807, 2.05) is 25.1 Å². The van der Waals surface area contributed by atoms with Crippen LogP contribution in [-0.4, -0.2) is 38.6 Å². The van der Waals surface area contributed by atoms with Crippen molar-refractivity contribution in [3.63, 3.8) is 0 Å². The van der Waals surface area contributed by atoms with Crippen molar-refractivity contribution in [3.8, 4) is 0 Å². The molecule has 0 N–H and O–H groups in total. The first-order valence-electron chi connectivity index (χ1n) is 9.09. The van der Waals surface area contributed by atoms with Crippen molar-refractivity contribution in [2.75, 3.05) is 6.54 Å². The van der Waals surface area contributed by atoms with Crippen molar-refractivity contribution in [1.29, 1.82) is 0 Å². The molecule has 4 rings (SSSR count). The van der Waals surface area contributed by atoms with Gasteiger partial charge in [0.15, 0.2) is 0 Å². The zero-order valence-electron chi connectivity index (χ0n) is 15.3. The topological polar surface area (TPSA) is 98.0 Å². The summed E-state index contributed by atoms with van der Waals surface area (Å²) in [5.74, 6) is -2.12. The molecular weight excluding hydrogens is 362 g/mol. The SMILES string of the molecule is Cc1ccc2nc(COC(=O)CN3C(=O)[C@@H]4CC=CC[C@H]4C3=O)cc(=O)n2c1. The van der Waals surface area contributed by atoms with Crippen LogP contribution in [-0.2, 0) is 25.7 Å². The lowest BCUT2D eigenvalue weighted by atomic mass is 9.85. The number of esters is 1. The summed E-state index contributed by atoms with van der Waals surface area (Å²) >= 11 is 0. The molecule has 3 heterocycles. The molecule has 28 heavy (non-hydrogen) atoms. The zero-order chi connectivity index (χ0) is 19.8. The Kier molecular flexibility index (Phi) is 4.54. The van der Waals surface area contributed by atoms with Crippen molar-refractivity contribution in [2.45, 2.75) is 26.4 Å². The molecule has 8 heteroatoms. The van der Waals surface area contributed by atoms with E-state index in [1.54, 1.807) is 12.3 Å². The molecule has 0 unspecified atom stereocenters. The number of carbonyl (C=O) groups is 3. The number of hydrogen-bond acceptors (Lipinski definition) is 6. The van der Waals surface area contributed by atoms with Gasteiger partial charge in [-0.25, -0.2) is 4.98 Å². The second-order valence-electron chi connectivity index (χ2n) is 7.10. The van der Waals surface area contributed by atoms with E-state index in [0.29, 0.717) is 24.2 Å². The van der Waals surface area contributed by atoms with Crippen molar-refractivity contribution < 1.29 is 19.1 Å². The van der Waals surface area contributed by atoms with Crippen molar-refractivity contribution in [3.05, 3.63) is 58.2 Å². The first kappa shape index (κ1) is 18.1. The van der Waals surface area contributed by atoms with E-state index >= 15 is 0 Å². The van der Waals surface area contributed by atoms with Crippen molar-refractivity contribution >= 4 is 23.4 Å². The number of allylic oxidation sites excluding steroid dienone is 2. The molecule has 0 bridgehead atoms. The van der Waals surface area contributed by atoms with Crippen molar-refractivity contribution in [2.24, 2.45) is 11.8 Å². The van der Waals surface area contributed by atoms with Crippen LogP contribution in [0.5, 0.6) is 0 Å². The first-order chi connectivity index (χ1) is 13.4. The van der Waals surface area contributed by atoms with Crippen molar-refractivity contribution in [1.82, 2.24) is 14.3 Å². The number of amides is 2. The predicted molar refractivity (Wildman–Crippen MR) is 98.1 cm³/mol. The van der Waals surface area contributed by atoms with E-state index in [9.17, 15) is 19.2 Å².